The first-order valence-corrected chi connectivity index (χ1v) is 13.7. The number of aromatic nitrogens is 1. The lowest BCUT2D eigenvalue weighted by Crippen LogP contribution is -2.17. The van der Waals surface area contributed by atoms with E-state index in [0.29, 0.717) is 36.0 Å². The van der Waals surface area contributed by atoms with Gasteiger partial charge in [0.15, 0.2) is 17.3 Å². The molecule has 214 valence electrons. The second-order valence-electron chi connectivity index (χ2n) is 9.80. The Morgan fingerprint density at radius 3 is 2.44 bits per heavy atom. The number of hydrogen-bond donors (Lipinski definition) is 1. The van der Waals surface area contributed by atoms with Crippen molar-refractivity contribution in [3.05, 3.63) is 107 Å². The molecule has 4 aromatic rings. The molecule has 2 aromatic heterocycles. The topological polar surface area (TPSA) is 87.2 Å². The summed E-state index contributed by atoms with van der Waals surface area (Å²) in [5.41, 5.74) is 7.60. The maximum Gasteiger partial charge on any atom is 0.307 e. The molecule has 0 spiro atoms. The van der Waals surface area contributed by atoms with E-state index in [0.717, 1.165) is 16.8 Å². The van der Waals surface area contributed by atoms with Gasteiger partial charge < -0.3 is 23.2 Å². The van der Waals surface area contributed by atoms with E-state index in [4.69, 9.17) is 18.6 Å². The minimum Gasteiger partial charge on any atom is -0.490 e. The number of furan rings is 1. The van der Waals surface area contributed by atoms with Gasteiger partial charge in [-0.2, -0.15) is 5.10 Å². The van der Waals surface area contributed by atoms with Crippen LogP contribution in [-0.4, -0.2) is 29.4 Å². The molecule has 0 saturated carbocycles. The zero-order chi connectivity index (χ0) is 29.4. The molecule has 2 aromatic carbocycles. The SMILES string of the molecule is C=CCc1cc(/C=N/NC(=O)c2ccc(COc3ccc(-n4c(C)ccc4C)cc3)o2)cc(OCC)c1OC(C)C. The molecule has 1 N–H and O–H groups in total. The third kappa shape index (κ3) is 7.48. The maximum absolute atomic E-state index is 12.6. The number of nitrogens with zero attached hydrogens (tertiary/aromatic N) is 2. The second-order valence-corrected chi connectivity index (χ2v) is 9.80. The van der Waals surface area contributed by atoms with E-state index in [2.05, 4.69) is 47.7 Å². The molecule has 2 heterocycles. The number of nitrogens with one attached hydrogen (secondary N) is 1. The number of allylic oxidation sites excluding steroid dienone is 1. The first kappa shape index (κ1) is 29.3. The van der Waals surface area contributed by atoms with Crippen molar-refractivity contribution < 1.29 is 23.4 Å². The fourth-order valence-corrected chi connectivity index (χ4v) is 4.42. The van der Waals surface area contributed by atoms with Crippen LogP contribution >= 0.6 is 0 Å². The fourth-order valence-electron chi connectivity index (χ4n) is 4.42. The van der Waals surface area contributed by atoms with Gasteiger partial charge in [0.25, 0.3) is 0 Å². The standard InChI is InChI=1S/C33H37N3O5/c1-7-9-26-18-25(19-31(38-8-2)32(26)40-22(3)4)20-34-35-33(37)30-17-16-29(41-30)21-39-28-14-12-27(13-15-28)36-23(5)10-11-24(36)6/h7,10-20,22H,1,8-9,21H2,2-6H3,(H,35,37)/b34-20+. The third-order valence-electron chi connectivity index (χ3n) is 6.18. The molecule has 4 rings (SSSR count). The Kier molecular flexibility index (Phi) is 9.68. The summed E-state index contributed by atoms with van der Waals surface area (Å²) in [6, 6.07) is 19.1. The average molecular weight is 556 g/mol. The van der Waals surface area contributed by atoms with Crippen LogP contribution in [0.1, 0.15) is 59.6 Å². The molecule has 0 radical (unpaired) electrons. The summed E-state index contributed by atoms with van der Waals surface area (Å²) < 4.78 is 25.5. The number of ether oxygens (including phenoxy) is 3. The van der Waals surface area contributed by atoms with Gasteiger partial charge in [-0.05, 0) is 107 Å². The summed E-state index contributed by atoms with van der Waals surface area (Å²) >= 11 is 0. The zero-order valence-corrected chi connectivity index (χ0v) is 24.3. The Morgan fingerprint density at radius 2 is 1.78 bits per heavy atom. The Bertz CT molecular complexity index is 1490. The highest BCUT2D eigenvalue weighted by atomic mass is 16.5. The van der Waals surface area contributed by atoms with Crippen molar-refractivity contribution in [2.24, 2.45) is 5.10 Å². The summed E-state index contributed by atoms with van der Waals surface area (Å²) in [5, 5.41) is 4.12. The Morgan fingerprint density at radius 1 is 1.05 bits per heavy atom. The molecule has 1 amide bonds. The predicted molar refractivity (Wildman–Crippen MR) is 161 cm³/mol. The fraction of sp³-hybridized carbons (Fsp3) is 0.273. The molecule has 0 bridgehead atoms. The minimum absolute atomic E-state index is 0.00975. The van der Waals surface area contributed by atoms with Crippen molar-refractivity contribution in [2.75, 3.05) is 6.61 Å². The van der Waals surface area contributed by atoms with E-state index in [1.54, 1.807) is 24.4 Å². The van der Waals surface area contributed by atoms with Crippen molar-refractivity contribution in [1.82, 2.24) is 9.99 Å². The highest BCUT2D eigenvalue weighted by Crippen LogP contribution is 2.34. The van der Waals surface area contributed by atoms with Crippen LogP contribution < -0.4 is 19.6 Å². The zero-order valence-electron chi connectivity index (χ0n) is 24.3. The number of amides is 1. The first-order chi connectivity index (χ1) is 19.8. The molecular formula is C33H37N3O5. The van der Waals surface area contributed by atoms with Gasteiger partial charge in [-0.1, -0.05) is 6.08 Å². The smallest absolute Gasteiger partial charge is 0.307 e. The Labute approximate surface area is 241 Å². The highest BCUT2D eigenvalue weighted by molar-refractivity contribution is 5.92. The van der Waals surface area contributed by atoms with E-state index >= 15 is 0 Å². The largest absolute Gasteiger partial charge is 0.490 e. The summed E-state index contributed by atoms with van der Waals surface area (Å²) in [4.78, 5) is 12.6. The van der Waals surface area contributed by atoms with Crippen LogP contribution in [0.3, 0.4) is 0 Å². The van der Waals surface area contributed by atoms with Crippen LogP contribution in [-0.2, 0) is 13.0 Å². The van der Waals surface area contributed by atoms with Gasteiger partial charge in [0, 0.05) is 22.6 Å². The molecule has 0 saturated heterocycles. The molecular weight excluding hydrogens is 518 g/mol. The van der Waals surface area contributed by atoms with Crippen LogP contribution in [0, 0.1) is 13.8 Å². The number of carbonyl (C=O) groups is 1. The van der Waals surface area contributed by atoms with E-state index in [9.17, 15) is 4.79 Å². The van der Waals surface area contributed by atoms with Gasteiger partial charge >= 0.3 is 5.91 Å². The lowest BCUT2D eigenvalue weighted by atomic mass is 10.1. The van der Waals surface area contributed by atoms with Gasteiger partial charge in [0.2, 0.25) is 0 Å². The molecule has 8 nitrogen and oxygen atoms in total. The first-order valence-electron chi connectivity index (χ1n) is 13.7. The van der Waals surface area contributed by atoms with Crippen LogP contribution in [0.4, 0.5) is 0 Å². The lowest BCUT2D eigenvalue weighted by Gasteiger charge is -2.18. The number of carbonyl (C=O) groups excluding carboxylic acids is 1. The predicted octanol–water partition coefficient (Wildman–Crippen LogP) is 6.94. The molecule has 0 aliphatic rings. The van der Waals surface area contributed by atoms with Crippen LogP contribution in [0.5, 0.6) is 17.2 Å². The number of benzene rings is 2. The van der Waals surface area contributed by atoms with E-state index in [1.807, 2.05) is 57.2 Å². The summed E-state index contributed by atoms with van der Waals surface area (Å²) in [7, 11) is 0. The number of hydrogen-bond acceptors (Lipinski definition) is 6. The van der Waals surface area contributed by atoms with Crippen molar-refractivity contribution >= 4 is 12.1 Å². The molecule has 0 aliphatic carbocycles. The maximum atomic E-state index is 12.6. The lowest BCUT2D eigenvalue weighted by molar-refractivity contribution is 0.0923. The van der Waals surface area contributed by atoms with Gasteiger partial charge in [0.1, 0.15) is 18.1 Å². The van der Waals surface area contributed by atoms with Crippen molar-refractivity contribution in [3.63, 3.8) is 0 Å². The second kappa shape index (κ2) is 13.6. The van der Waals surface area contributed by atoms with E-state index in [1.165, 1.54) is 11.4 Å². The highest BCUT2D eigenvalue weighted by Gasteiger charge is 2.15. The molecule has 0 atom stereocenters. The molecule has 8 heteroatoms. The number of hydrazone groups is 1. The summed E-state index contributed by atoms with van der Waals surface area (Å²) in [6.07, 6.45) is 3.95. The Hall–Kier alpha value is -4.72. The van der Waals surface area contributed by atoms with Crippen LogP contribution in [0.15, 0.2) is 82.8 Å². The van der Waals surface area contributed by atoms with Crippen molar-refractivity contribution in [3.8, 4) is 22.9 Å². The number of aryl methyl sites for hydroxylation is 2. The molecule has 41 heavy (non-hydrogen) atoms. The van der Waals surface area contributed by atoms with Crippen molar-refractivity contribution in [1.29, 1.82) is 0 Å². The molecule has 0 fully saturated rings. The average Bonchev–Trinajstić information content (AvgIpc) is 3.56. The summed E-state index contributed by atoms with van der Waals surface area (Å²) in [5.74, 6) is 2.21. The minimum atomic E-state index is -0.467. The Balaban J connectivity index is 1.36. The molecule has 0 aliphatic heterocycles. The van der Waals surface area contributed by atoms with Crippen LogP contribution in [0.25, 0.3) is 5.69 Å². The third-order valence-corrected chi connectivity index (χ3v) is 6.18. The van der Waals surface area contributed by atoms with E-state index in [-0.39, 0.29) is 18.5 Å². The molecule has 0 unspecified atom stereocenters. The quantitative estimate of drug-likeness (QED) is 0.110. The normalized spacial score (nSPS) is 11.2. The van der Waals surface area contributed by atoms with Crippen molar-refractivity contribution in [2.45, 2.75) is 53.8 Å². The van der Waals surface area contributed by atoms with Gasteiger partial charge in [-0.3, -0.25) is 4.79 Å². The van der Waals surface area contributed by atoms with Gasteiger partial charge in [-0.25, -0.2) is 5.43 Å². The number of rotatable bonds is 13. The summed E-state index contributed by atoms with van der Waals surface area (Å²) in [6.45, 7) is 14.5. The van der Waals surface area contributed by atoms with Gasteiger partial charge in [-0.15, -0.1) is 6.58 Å². The van der Waals surface area contributed by atoms with E-state index < -0.39 is 5.91 Å². The van der Waals surface area contributed by atoms with Gasteiger partial charge in [0.05, 0.1) is 18.9 Å². The monoisotopic (exact) mass is 555 g/mol. The van der Waals surface area contributed by atoms with Crippen LogP contribution in [0.2, 0.25) is 0 Å².